The molecule has 1 heterocycles. The van der Waals surface area contributed by atoms with Gasteiger partial charge in [0.25, 0.3) is 0 Å². The van der Waals surface area contributed by atoms with Gasteiger partial charge in [0.1, 0.15) is 11.2 Å². The zero-order valence-electron chi connectivity index (χ0n) is 26.3. The van der Waals surface area contributed by atoms with Crippen LogP contribution in [0.2, 0.25) is 0 Å². The first-order chi connectivity index (χ1) is 23.8. The summed E-state index contributed by atoms with van der Waals surface area (Å²) in [5.41, 5.74) is 12.1. The van der Waals surface area contributed by atoms with Gasteiger partial charge in [-0.1, -0.05) is 140 Å². The molecule has 0 N–H and O–H groups in total. The number of anilines is 3. The highest BCUT2D eigenvalue weighted by Crippen LogP contribution is 2.40. The fraction of sp³-hybridized carbons (Fsp3) is 0. The lowest BCUT2D eigenvalue weighted by atomic mass is 9.97. The van der Waals surface area contributed by atoms with Crippen molar-refractivity contribution in [3.05, 3.63) is 188 Å². The van der Waals surface area contributed by atoms with Gasteiger partial charge in [0, 0.05) is 33.4 Å². The normalized spacial score (nSPS) is 11.3. The minimum absolute atomic E-state index is 0.914. The molecule has 0 aliphatic carbocycles. The molecule has 0 atom stereocenters. The van der Waals surface area contributed by atoms with Crippen LogP contribution in [0.25, 0.3) is 66.1 Å². The highest BCUT2D eigenvalue weighted by molar-refractivity contribution is 6.09. The highest BCUT2D eigenvalue weighted by atomic mass is 16.3. The number of nitrogens with zero attached hydrogens (tertiary/aromatic N) is 1. The third kappa shape index (κ3) is 5.01. The van der Waals surface area contributed by atoms with Crippen molar-refractivity contribution < 1.29 is 4.42 Å². The molecule has 0 fully saturated rings. The third-order valence-electron chi connectivity index (χ3n) is 9.24. The molecular weight excluding hydrogens is 583 g/mol. The van der Waals surface area contributed by atoms with Gasteiger partial charge < -0.3 is 9.32 Å². The van der Waals surface area contributed by atoms with Crippen LogP contribution in [0.3, 0.4) is 0 Å². The van der Waals surface area contributed by atoms with Gasteiger partial charge in [-0.15, -0.1) is 0 Å². The maximum Gasteiger partial charge on any atom is 0.143 e. The summed E-state index contributed by atoms with van der Waals surface area (Å²) in [5.74, 6) is 0. The van der Waals surface area contributed by atoms with E-state index in [0.29, 0.717) is 0 Å². The Balaban J connectivity index is 1.12. The van der Waals surface area contributed by atoms with Crippen LogP contribution >= 0.6 is 0 Å². The van der Waals surface area contributed by atoms with E-state index in [4.69, 9.17) is 4.42 Å². The van der Waals surface area contributed by atoms with Crippen LogP contribution in [-0.4, -0.2) is 0 Å². The molecule has 48 heavy (non-hydrogen) atoms. The second-order valence-corrected chi connectivity index (χ2v) is 12.2. The molecule has 0 bridgehead atoms. The largest absolute Gasteiger partial charge is 0.455 e. The fourth-order valence-electron chi connectivity index (χ4n) is 6.86. The van der Waals surface area contributed by atoms with Crippen molar-refractivity contribution in [3.8, 4) is 33.4 Å². The highest BCUT2D eigenvalue weighted by Gasteiger charge is 2.16. The van der Waals surface area contributed by atoms with Crippen molar-refractivity contribution in [2.45, 2.75) is 0 Å². The summed E-state index contributed by atoms with van der Waals surface area (Å²) in [6.45, 7) is 0. The number of rotatable bonds is 6. The average molecular weight is 614 g/mol. The van der Waals surface area contributed by atoms with Crippen LogP contribution in [0.15, 0.2) is 192 Å². The summed E-state index contributed by atoms with van der Waals surface area (Å²) in [7, 11) is 0. The second kappa shape index (κ2) is 11.8. The molecule has 0 saturated heterocycles. The summed E-state index contributed by atoms with van der Waals surface area (Å²) >= 11 is 0. The number of fused-ring (bicyclic) bond motifs is 4. The van der Waals surface area contributed by atoms with Gasteiger partial charge in [-0.3, -0.25) is 0 Å². The monoisotopic (exact) mass is 613 g/mol. The Labute approximate surface area is 279 Å². The summed E-state index contributed by atoms with van der Waals surface area (Å²) < 4.78 is 6.37. The Morgan fingerprint density at radius 2 is 0.938 bits per heavy atom. The Hall–Kier alpha value is -6.38. The summed E-state index contributed by atoms with van der Waals surface area (Å²) in [6, 6.07) is 66.9. The zero-order valence-corrected chi connectivity index (χ0v) is 26.3. The van der Waals surface area contributed by atoms with Crippen molar-refractivity contribution >= 4 is 49.8 Å². The lowest BCUT2D eigenvalue weighted by Crippen LogP contribution is -2.10. The number of hydrogen-bond acceptors (Lipinski definition) is 2. The van der Waals surface area contributed by atoms with E-state index >= 15 is 0 Å². The molecule has 8 aromatic carbocycles. The van der Waals surface area contributed by atoms with E-state index in [-0.39, 0.29) is 0 Å². The predicted molar refractivity (Wildman–Crippen MR) is 202 cm³/mol. The van der Waals surface area contributed by atoms with Crippen molar-refractivity contribution in [2.24, 2.45) is 0 Å². The Bertz CT molecular complexity index is 2560. The molecule has 2 nitrogen and oxygen atoms in total. The first kappa shape index (κ1) is 27.9. The van der Waals surface area contributed by atoms with Crippen LogP contribution in [0.4, 0.5) is 17.1 Å². The van der Waals surface area contributed by atoms with Gasteiger partial charge in [0.2, 0.25) is 0 Å². The quantitative estimate of drug-likeness (QED) is 0.185. The molecular formula is C46H31NO. The van der Waals surface area contributed by atoms with Crippen LogP contribution in [0, 0.1) is 0 Å². The van der Waals surface area contributed by atoms with Crippen molar-refractivity contribution in [3.63, 3.8) is 0 Å². The number of para-hydroxylation sites is 2. The topological polar surface area (TPSA) is 16.4 Å². The standard InChI is InChI=1S/C46H31NO/c1-2-11-32(12-3-1)37-16-9-18-40(30-37)47(41-28-25-33-13-4-5-14-36(33)31-41)39-26-23-34(24-27-39)35-15-8-17-38(29-35)42-20-10-21-44-43-19-6-7-22-45(43)48-46(42)44/h1-31H. The number of benzene rings is 8. The van der Waals surface area contributed by atoms with Crippen LogP contribution in [-0.2, 0) is 0 Å². The molecule has 0 aliphatic rings. The predicted octanol–water partition coefficient (Wildman–Crippen LogP) is 13.2. The molecule has 0 saturated carbocycles. The minimum Gasteiger partial charge on any atom is -0.455 e. The maximum atomic E-state index is 6.37. The number of furan rings is 1. The van der Waals surface area contributed by atoms with Gasteiger partial charge in [-0.2, -0.15) is 0 Å². The van der Waals surface area contributed by atoms with Crippen LogP contribution < -0.4 is 4.90 Å². The third-order valence-corrected chi connectivity index (χ3v) is 9.24. The summed E-state index contributed by atoms with van der Waals surface area (Å²) in [5, 5.41) is 4.73. The van der Waals surface area contributed by atoms with E-state index in [2.05, 4.69) is 181 Å². The first-order valence-electron chi connectivity index (χ1n) is 16.3. The molecule has 9 rings (SSSR count). The lowest BCUT2D eigenvalue weighted by molar-refractivity contribution is 0.670. The van der Waals surface area contributed by atoms with Gasteiger partial charge in [-0.05, 0) is 87.1 Å². The van der Waals surface area contributed by atoms with E-state index in [1.807, 2.05) is 12.1 Å². The van der Waals surface area contributed by atoms with Crippen molar-refractivity contribution in [2.75, 3.05) is 4.90 Å². The van der Waals surface area contributed by atoms with Gasteiger partial charge in [-0.25, -0.2) is 0 Å². The Kier molecular flexibility index (Phi) is 6.84. The van der Waals surface area contributed by atoms with Crippen molar-refractivity contribution in [1.29, 1.82) is 0 Å². The number of hydrogen-bond donors (Lipinski definition) is 0. The van der Waals surface area contributed by atoms with Gasteiger partial charge in [0.15, 0.2) is 0 Å². The summed E-state index contributed by atoms with van der Waals surface area (Å²) in [4.78, 5) is 2.35. The molecule has 0 amide bonds. The average Bonchev–Trinajstić information content (AvgIpc) is 3.55. The second-order valence-electron chi connectivity index (χ2n) is 12.2. The van der Waals surface area contributed by atoms with E-state index in [1.54, 1.807) is 0 Å². The van der Waals surface area contributed by atoms with Crippen LogP contribution in [0.5, 0.6) is 0 Å². The van der Waals surface area contributed by atoms with E-state index in [9.17, 15) is 0 Å². The molecule has 1 aromatic heterocycles. The van der Waals surface area contributed by atoms with Gasteiger partial charge in [0.05, 0.1) is 0 Å². The molecule has 226 valence electrons. The zero-order chi connectivity index (χ0) is 31.9. The minimum atomic E-state index is 0.914. The van der Waals surface area contributed by atoms with E-state index < -0.39 is 0 Å². The van der Waals surface area contributed by atoms with Crippen LogP contribution in [0.1, 0.15) is 0 Å². The maximum absolute atomic E-state index is 6.37. The molecule has 0 spiro atoms. The fourth-order valence-corrected chi connectivity index (χ4v) is 6.86. The van der Waals surface area contributed by atoms with E-state index in [1.165, 1.54) is 21.9 Å². The van der Waals surface area contributed by atoms with E-state index in [0.717, 1.165) is 61.3 Å². The first-order valence-corrected chi connectivity index (χ1v) is 16.3. The summed E-state index contributed by atoms with van der Waals surface area (Å²) in [6.07, 6.45) is 0. The SMILES string of the molecule is c1ccc(-c2cccc(N(c3ccc(-c4cccc(-c5cccc6c5oc5ccccc56)c4)cc3)c3ccc4ccccc4c3)c2)cc1. The Morgan fingerprint density at radius 3 is 1.81 bits per heavy atom. The molecule has 0 unspecified atom stereocenters. The molecule has 0 aliphatic heterocycles. The van der Waals surface area contributed by atoms with Gasteiger partial charge >= 0.3 is 0 Å². The Morgan fingerprint density at radius 1 is 0.333 bits per heavy atom. The smallest absolute Gasteiger partial charge is 0.143 e. The lowest BCUT2D eigenvalue weighted by Gasteiger charge is -2.26. The molecule has 2 heteroatoms. The van der Waals surface area contributed by atoms with Crippen molar-refractivity contribution in [1.82, 2.24) is 0 Å². The molecule has 0 radical (unpaired) electrons. The molecule has 9 aromatic rings.